The van der Waals surface area contributed by atoms with Gasteiger partial charge in [-0.15, -0.1) is 0 Å². The number of aliphatic hydroxyl groups is 1. The maximum absolute atomic E-state index is 12.6. The van der Waals surface area contributed by atoms with Crippen LogP contribution in [0.5, 0.6) is 5.75 Å². The monoisotopic (exact) mass is 388 g/mol. The van der Waals surface area contributed by atoms with E-state index in [1.165, 1.54) is 12.3 Å². The van der Waals surface area contributed by atoms with Gasteiger partial charge in [0, 0.05) is 22.9 Å². The van der Waals surface area contributed by atoms with Crippen LogP contribution in [0, 0.1) is 0 Å². The van der Waals surface area contributed by atoms with Crippen LogP contribution >= 0.6 is 0 Å². The van der Waals surface area contributed by atoms with Gasteiger partial charge in [0.15, 0.2) is 0 Å². The lowest BCUT2D eigenvalue weighted by atomic mass is 10.1. The van der Waals surface area contributed by atoms with Crippen molar-refractivity contribution in [2.24, 2.45) is 0 Å². The van der Waals surface area contributed by atoms with Crippen molar-refractivity contribution in [1.29, 1.82) is 0 Å². The lowest BCUT2D eigenvalue weighted by Gasteiger charge is -2.12. The molecule has 1 amide bonds. The molecule has 144 valence electrons. The number of amides is 1. The number of aromatic nitrogens is 3. The smallest absolute Gasteiger partial charge is 0.315 e. The second-order valence-electron chi connectivity index (χ2n) is 6.04. The van der Waals surface area contributed by atoms with E-state index in [0.29, 0.717) is 22.6 Å². The summed E-state index contributed by atoms with van der Waals surface area (Å²) in [4.78, 5) is 20.0. The average Bonchev–Trinajstić information content (AvgIpc) is 3.35. The maximum Gasteiger partial charge on any atom is 0.315 e. The van der Waals surface area contributed by atoms with Gasteiger partial charge in [-0.3, -0.25) is 9.78 Å². The molecule has 4 rings (SSSR count). The first-order valence-electron chi connectivity index (χ1n) is 8.30. The van der Waals surface area contributed by atoms with Crippen molar-refractivity contribution in [2.45, 2.75) is 19.1 Å². The average molecular weight is 388 g/mol. The van der Waals surface area contributed by atoms with Gasteiger partial charge in [-0.2, -0.15) is 13.8 Å². The van der Waals surface area contributed by atoms with E-state index in [2.05, 4.69) is 25.0 Å². The highest BCUT2D eigenvalue weighted by atomic mass is 19.3. The SMILES string of the molecule is O=C(NC1COc2cc(-c3noc(C(F)F)n3)ccc21)c1ccnc(CO)c1. The van der Waals surface area contributed by atoms with Crippen LogP contribution in [-0.2, 0) is 6.61 Å². The first kappa shape index (κ1) is 18.0. The molecule has 1 unspecified atom stereocenters. The van der Waals surface area contributed by atoms with Crippen molar-refractivity contribution in [3.63, 3.8) is 0 Å². The van der Waals surface area contributed by atoms with E-state index in [4.69, 9.17) is 9.84 Å². The number of fused-ring (bicyclic) bond motifs is 1. The van der Waals surface area contributed by atoms with Crippen LogP contribution in [-0.4, -0.2) is 32.7 Å². The Bertz CT molecular complexity index is 1020. The van der Waals surface area contributed by atoms with Crippen molar-refractivity contribution in [3.8, 4) is 17.1 Å². The predicted molar refractivity (Wildman–Crippen MR) is 90.6 cm³/mol. The maximum atomic E-state index is 12.6. The Labute approximate surface area is 157 Å². The van der Waals surface area contributed by atoms with Gasteiger partial charge in [0.2, 0.25) is 5.82 Å². The van der Waals surface area contributed by atoms with Gasteiger partial charge in [0.25, 0.3) is 11.8 Å². The molecule has 0 fully saturated rings. The molecule has 2 N–H and O–H groups in total. The molecular weight excluding hydrogens is 374 g/mol. The zero-order chi connectivity index (χ0) is 19.7. The predicted octanol–water partition coefficient (Wildman–Crippen LogP) is 2.42. The number of nitrogens with zero attached hydrogens (tertiary/aromatic N) is 3. The Hall–Kier alpha value is -3.40. The standard InChI is InChI=1S/C18H14F2N4O4/c19-15(20)18-23-16(24-28-18)9-1-2-12-13(8-27-14(12)6-9)22-17(26)10-3-4-21-11(5-10)7-25/h1-6,13,15,25H,7-8H2,(H,22,26). The zero-order valence-electron chi connectivity index (χ0n) is 14.3. The van der Waals surface area contributed by atoms with Crippen LogP contribution in [0.1, 0.15) is 40.0 Å². The number of alkyl halides is 2. The molecule has 3 aromatic rings. The third kappa shape index (κ3) is 3.41. The topological polar surface area (TPSA) is 110 Å². The molecule has 2 aromatic heterocycles. The van der Waals surface area contributed by atoms with Gasteiger partial charge >= 0.3 is 6.43 Å². The molecule has 10 heteroatoms. The summed E-state index contributed by atoms with van der Waals surface area (Å²) in [7, 11) is 0. The van der Waals surface area contributed by atoms with E-state index in [1.807, 2.05) is 0 Å². The van der Waals surface area contributed by atoms with Crippen LogP contribution in [0.2, 0.25) is 0 Å². The summed E-state index contributed by atoms with van der Waals surface area (Å²) in [6.07, 6.45) is -1.39. The van der Waals surface area contributed by atoms with E-state index >= 15 is 0 Å². The summed E-state index contributed by atoms with van der Waals surface area (Å²) in [5.74, 6) is -0.553. The Morgan fingerprint density at radius 3 is 2.93 bits per heavy atom. The number of hydrogen-bond donors (Lipinski definition) is 2. The second-order valence-corrected chi connectivity index (χ2v) is 6.04. The molecule has 1 aliphatic heterocycles. The number of rotatable bonds is 5. The Morgan fingerprint density at radius 2 is 2.18 bits per heavy atom. The van der Waals surface area contributed by atoms with Gasteiger partial charge in [0.05, 0.1) is 18.3 Å². The number of nitrogens with one attached hydrogen (secondary N) is 1. The molecule has 1 atom stereocenters. The van der Waals surface area contributed by atoms with E-state index < -0.39 is 12.3 Å². The lowest BCUT2D eigenvalue weighted by Crippen LogP contribution is -2.29. The van der Waals surface area contributed by atoms with Gasteiger partial charge in [-0.1, -0.05) is 17.3 Å². The summed E-state index contributed by atoms with van der Waals surface area (Å²) in [6, 6.07) is 7.63. The molecule has 0 bridgehead atoms. The van der Waals surface area contributed by atoms with Crippen molar-refractivity contribution < 1.29 is 27.9 Å². The van der Waals surface area contributed by atoms with Crippen molar-refractivity contribution in [1.82, 2.24) is 20.4 Å². The quantitative estimate of drug-likeness (QED) is 0.691. The van der Waals surface area contributed by atoms with Gasteiger partial charge in [0.1, 0.15) is 12.4 Å². The summed E-state index contributed by atoms with van der Waals surface area (Å²) >= 11 is 0. The van der Waals surface area contributed by atoms with Gasteiger partial charge < -0.3 is 19.7 Å². The molecule has 0 saturated heterocycles. The van der Waals surface area contributed by atoms with E-state index in [1.54, 1.807) is 24.3 Å². The van der Waals surface area contributed by atoms with Gasteiger partial charge in [-0.05, 0) is 18.2 Å². The number of hydrogen-bond acceptors (Lipinski definition) is 7. The fourth-order valence-electron chi connectivity index (χ4n) is 2.86. The van der Waals surface area contributed by atoms with E-state index in [9.17, 15) is 13.6 Å². The number of carbonyl (C=O) groups is 1. The number of pyridine rings is 1. The molecule has 28 heavy (non-hydrogen) atoms. The fourth-order valence-corrected chi connectivity index (χ4v) is 2.86. The highest BCUT2D eigenvalue weighted by molar-refractivity contribution is 5.94. The molecule has 3 heterocycles. The minimum atomic E-state index is -2.84. The Kier molecular flexibility index (Phi) is 4.70. The van der Waals surface area contributed by atoms with Crippen LogP contribution < -0.4 is 10.1 Å². The normalized spacial score (nSPS) is 15.4. The van der Waals surface area contributed by atoms with Crippen molar-refractivity contribution >= 4 is 5.91 Å². The minimum Gasteiger partial charge on any atom is -0.491 e. The lowest BCUT2D eigenvalue weighted by molar-refractivity contribution is 0.0930. The highest BCUT2D eigenvalue weighted by Crippen LogP contribution is 2.35. The van der Waals surface area contributed by atoms with Gasteiger partial charge in [-0.25, -0.2) is 0 Å². The largest absolute Gasteiger partial charge is 0.491 e. The molecule has 8 nitrogen and oxygen atoms in total. The molecule has 1 aromatic carbocycles. The fraction of sp³-hybridized carbons (Fsp3) is 0.222. The number of carbonyl (C=O) groups excluding carboxylic acids is 1. The molecule has 0 saturated carbocycles. The van der Waals surface area contributed by atoms with Crippen LogP contribution in [0.15, 0.2) is 41.1 Å². The first-order valence-corrected chi connectivity index (χ1v) is 8.30. The molecular formula is C18H14F2N4O4. The number of benzene rings is 1. The molecule has 0 radical (unpaired) electrons. The first-order chi connectivity index (χ1) is 13.5. The number of halogens is 2. The third-order valence-corrected chi connectivity index (χ3v) is 4.23. The summed E-state index contributed by atoms with van der Waals surface area (Å²) in [6.45, 7) is -0.0420. The summed E-state index contributed by atoms with van der Waals surface area (Å²) in [5, 5.41) is 15.5. The third-order valence-electron chi connectivity index (χ3n) is 4.23. The van der Waals surface area contributed by atoms with Crippen molar-refractivity contribution in [3.05, 3.63) is 59.2 Å². The highest BCUT2D eigenvalue weighted by Gasteiger charge is 2.27. The van der Waals surface area contributed by atoms with Crippen molar-refractivity contribution in [2.75, 3.05) is 6.61 Å². The summed E-state index contributed by atoms with van der Waals surface area (Å²) in [5.41, 5.74) is 1.97. The summed E-state index contributed by atoms with van der Waals surface area (Å²) < 4.78 is 35.3. The van der Waals surface area contributed by atoms with E-state index in [-0.39, 0.29) is 31.0 Å². The molecule has 1 aliphatic rings. The minimum absolute atomic E-state index is 0.0301. The second kappa shape index (κ2) is 7.31. The number of ether oxygens (including phenoxy) is 1. The zero-order valence-corrected chi connectivity index (χ0v) is 14.3. The Balaban J connectivity index is 1.52. The molecule has 0 spiro atoms. The van der Waals surface area contributed by atoms with Crippen LogP contribution in [0.4, 0.5) is 8.78 Å². The van der Waals surface area contributed by atoms with Crippen LogP contribution in [0.3, 0.4) is 0 Å². The Morgan fingerprint density at radius 1 is 1.32 bits per heavy atom. The van der Waals surface area contributed by atoms with Crippen LogP contribution in [0.25, 0.3) is 11.4 Å². The molecule has 0 aliphatic carbocycles. The number of aliphatic hydroxyl groups excluding tert-OH is 1. The van der Waals surface area contributed by atoms with E-state index in [0.717, 1.165) is 5.56 Å².